The van der Waals surface area contributed by atoms with E-state index in [-0.39, 0.29) is 18.8 Å². The first-order valence-electron chi connectivity index (χ1n) is 13.2. The van der Waals surface area contributed by atoms with Crippen molar-refractivity contribution in [2.45, 2.75) is 39.0 Å². The highest BCUT2D eigenvalue weighted by molar-refractivity contribution is 6.13. The Labute approximate surface area is 234 Å². The van der Waals surface area contributed by atoms with E-state index in [2.05, 4.69) is 5.32 Å². The van der Waals surface area contributed by atoms with E-state index in [0.717, 1.165) is 5.56 Å². The largest absolute Gasteiger partial charge is 0.497 e. The summed E-state index contributed by atoms with van der Waals surface area (Å²) in [6, 6.07) is 12.5. The van der Waals surface area contributed by atoms with E-state index in [0.29, 0.717) is 46.2 Å². The highest BCUT2D eigenvalue weighted by Crippen LogP contribution is 2.50. The van der Waals surface area contributed by atoms with Crippen molar-refractivity contribution < 1.29 is 38.1 Å². The molecule has 0 bridgehead atoms. The second-order valence-corrected chi connectivity index (χ2v) is 9.50. The fraction of sp³-hybridized carbons (Fsp3) is 0.387. The fourth-order valence-electron chi connectivity index (χ4n) is 5.57. The van der Waals surface area contributed by atoms with Gasteiger partial charge < -0.3 is 29.0 Å². The molecule has 0 radical (unpaired) electrons. The van der Waals surface area contributed by atoms with Crippen LogP contribution in [0.25, 0.3) is 0 Å². The highest BCUT2D eigenvalue weighted by atomic mass is 16.5. The van der Waals surface area contributed by atoms with E-state index in [1.54, 1.807) is 53.2 Å². The Balaban J connectivity index is 1.95. The summed E-state index contributed by atoms with van der Waals surface area (Å²) in [6.07, 6.45) is 0.333. The molecule has 0 unspecified atom stereocenters. The van der Waals surface area contributed by atoms with Crippen molar-refractivity contribution in [1.29, 1.82) is 0 Å². The van der Waals surface area contributed by atoms with Gasteiger partial charge in [0.15, 0.2) is 5.78 Å². The van der Waals surface area contributed by atoms with Crippen molar-refractivity contribution in [2.75, 3.05) is 34.5 Å². The molecule has 4 rings (SSSR count). The number of rotatable bonds is 9. The number of nitrogens with one attached hydrogen (secondary N) is 1. The minimum Gasteiger partial charge on any atom is -0.497 e. The van der Waals surface area contributed by atoms with Crippen molar-refractivity contribution in [3.63, 3.8) is 0 Å². The van der Waals surface area contributed by atoms with Gasteiger partial charge in [-0.2, -0.15) is 0 Å². The van der Waals surface area contributed by atoms with Crippen LogP contribution >= 0.6 is 0 Å². The smallest absolute Gasteiger partial charge is 0.336 e. The Kier molecular flexibility index (Phi) is 8.82. The Morgan fingerprint density at radius 1 is 0.925 bits per heavy atom. The molecule has 2 aromatic carbocycles. The number of hydrogen-bond acceptors (Lipinski definition) is 9. The van der Waals surface area contributed by atoms with E-state index in [1.807, 2.05) is 24.3 Å². The summed E-state index contributed by atoms with van der Waals surface area (Å²) in [6.45, 7) is 5.49. The summed E-state index contributed by atoms with van der Waals surface area (Å²) in [5, 5.41) is 3.31. The minimum absolute atomic E-state index is 0.125. The van der Waals surface area contributed by atoms with Crippen LogP contribution in [0.5, 0.6) is 17.2 Å². The summed E-state index contributed by atoms with van der Waals surface area (Å²) in [7, 11) is 4.62. The first-order chi connectivity index (χ1) is 19.3. The van der Waals surface area contributed by atoms with E-state index < -0.39 is 35.5 Å². The number of esters is 2. The molecule has 3 atom stereocenters. The van der Waals surface area contributed by atoms with E-state index >= 15 is 0 Å². The number of carbonyl (C=O) groups excluding carboxylic acids is 3. The SMILES string of the molecule is CCOC(=O)C1=C(C)NC2=C(C(=O)[C@H](C(=O)OCC)[C@H](c3cccc(OC)c3)C2)[C@@H]1c1ccc(OC)cc1OC. The minimum atomic E-state index is -1.12. The number of dihydropyridines is 1. The van der Waals surface area contributed by atoms with Crippen LogP contribution in [0.2, 0.25) is 0 Å². The molecule has 2 aromatic rings. The van der Waals surface area contributed by atoms with Gasteiger partial charge in [0.1, 0.15) is 23.2 Å². The zero-order chi connectivity index (χ0) is 29.0. The Bertz CT molecular complexity index is 1380. The van der Waals surface area contributed by atoms with Gasteiger partial charge in [-0.1, -0.05) is 18.2 Å². The molecule has 40 heavy (non-hydrogen) atoms. The van der Waals surface area contributed by atoms with Crippen molar-refractivity contribution in [2.24, 2.45) is 5.92 Å². The molecule has 0 spiro atoms. The van der Waals surface area contributed by atoms with Crippen molar-refractivity contribution in [1.82, 2.24) is 5.32 Å². The molecule has 9 nitrogen and oxygen atoms in total. The van der Waals surface area contributed by atoms with Gasteiger partial charge in [-0.15, -0.1) is 0 Å². The predicted octanol–water partition coefficient (Wildman–Crippen LogP) is 4.43. The number of benzene rings is 2. The lowest BCUT2D eigenvalue weighted by Crippen LogP contribution is -2.43. The van der Waals surface area contributed by atoms with Crippen LogP contribution < -0.4 is 19.5 Å². The van der Waals surface area contributed by atoms with Gasteiger partial charge in [0, 0.05) is 34.5 Å². The topological polar surface area (TPSA) is 109 Å². The zero-order valence-electron chi connectivity index (χ0n) is 23.7. The first kappa shape index (κ1) is 28.7. The quantitative estimate of drug-likeness (QED) is 0.359. The summed E-state index contributed by atoms with van der Waals surface area (Å²) in [5.41, 5.74) is 3.14. The molecular formula is C31H35NO8. The monoisotopic (exact) mass is 549 g/mol. The number of ether oxygens (including phenoxy) is 5. The molecule has 9 heteroatoms. The number of allylic oxidation sites excluding steroid dienone is 3. The summed E-state index contributed by atoms with van der Waals surface area (Å²) in [5.74, 6) is -2.46. The van der Waals surface area contributed by atoms with E-state index in [9.17, 15) is 14.4 Å². The van der Waals surface area contributed by atoms with Crippen molar-refractivity contribution in [3.8, 4) is 17.2 Å². The van der Waals surface area contributed by atoms with Crippen LogP contribution in [-0.4, -0.2) is 52.3 Å². The van der Waals surface area contributed by atoms with Gasteiger partial charge >= 0.3 is 11.9 Å². The van der Waals surface area contributed by atoms with Crippen LogP contribution in [0.1, 0.15) is 50.2 Å². The number of ketones is 1. The Morgan fingerprint density at radius 2 is 1.62 bits per heavy atom. The molecule has 0 fully saturated rings. The summed E-state index contributed by atoms with van der Waals surface area (Å²) >= 11 is 0. The molecular weight excluding hydrogens is 514 g/mol. The Morgan fingerprint density at radius 3 is 2.27 bits per heavy atom. The van der Waals surface area contributed by atoms with Gasteiger partial charge in [-0.05, 0) is 51.0 Å². The van der Waals surface area contributed by atoms with Gasteiger partial charge in [0.2, 0.25) is 0 Å². The van der Waals surface area contributed by atoms with Gasteiger partial charge in [-0.3, -0.25) is 9.59 Å². The normalized spacial score (nSPS) is 20.4. The molecule has 212 valence electrons. The van der Waals surface area contributed by atoms with Crippen LogP contribution in [0, 0.1) is 5.92 Å². The molecule has 0 saturated heterocycles. The second-order valence-electron chi connectivity index (χ2n) is 9.50. The maximum absolute atomic E-state index is 14.5. The van der Waals surface area contributed by atoms with Crippen LogP contribution in [0.4, 0.5) is 0 Å². The van der Waals surface area contributed by atoms with Gasteiger partial charge in [0.25, 0.3) is 0 Å². The fourth-order valence-corrected chi connectivity index (χ4v) is 5.57. The average molecular weight is 550 g/mol. The number of methoxy groups -OCH3 is 3. The summed E-state index contributed by atoms with van der Waals surface area (Å²) < 4.78 is 27.3. The highest BCUT2D eigenvalue weighted by Gasteiger charge is 2.49. The van der Waals surface area contributed by atoms with Crippen molar-refractivity contribution >= 4 is 17.7 Å². The number of hydrogen-bond donors (Lipinski definition) is 1. The van der Waals surface area contributed by atoms with Crippen molar-refractivity contribution in [3.05, 3.63) is 76.1 Å². The lowest BCUT2D eigenvalue weighted by molar-refractivity contribution is -0.152. The third-order valence-electron chi connectivity index (χ3n) is 7.33. The average Bonchev–Trinajstić information content (AvgIpc) is 2.96. The first-order valence-corrected chi connectivity index (χ1v) is 13.2. The maximum Gasteiger partial charge on any atom is 0.336 e. The predicted molar refractivity (Wildman–Crippen MR) is 147 cm³/mol. The van der Waals surface area contributed by atoms with Gasteiger partial charge in [-0.25, -0.2) is 4.79 Å². The van der Waals surface area contributed by atoms with E-state index in [1.165, 1.54) is 7.11 Å². The number of Topliss-reactive ketones (excluding diaryl/α,β-unsaturated/α-hetero) is 1. The molecule has 0 amide bonds. The molecule has 1 heterocycles. The number of carbonyl (C=O) groups is 3. The third kappa shape index (κ3) is 5.28. The lowest BCUT2D eigenvalue weighted by Gasteiger charge is -2.39. The Hall–Kier alpha value is -4.27. The molecule has 1 N–H and O–H groups in total. The zero-order valence-corrected chi connectivity index (χ0v) is 23.7. The van der Waals surface area contributed by atoms with Crippen LogP contribution in [0.3, 0.4) is 0 Å². The summed E-state index contributed by atoms with van der Waals surface area (Å²) in [4.78, 5) is 41.2. The molecule has 1 aliphatic carbocycles. The third-order valence-corrected chi connectivity index (χ3v) is 7.33. The molecule has 1 aliphatic heterocycles. The lowest BCUT2D eigenvalue weighted by atomic mass is 9.67. The molecule has 2 aliphatic rings. The second kappa shape index (κ2) is 12.3. The van der Waals surface area contributed by atoms with Crippen LogP contribution in [-0.2, 0) is 23.9 Å². The van der Waals surface area contributed by atoms with E-state index in [4.69, 9.17) is 23.7 Å². The molecule has 0 saturated carbocycles. The standard InChI is InChI=1S/C31H35NO8/c1-7-39-30(34)25-17(3)32-23-16-22(18-10-9-11-19(14-18)36-4)27(31(35)40-8-2)29(33)28(23)26(25)21-13-12-20(37-5)15-24(21)38-6/h9-15,22,26-27,32H,7-8,16H2,1-6H3/t22-,26+,27+/m0/s1. The maximum atomic E-state index is 14.5. The van der Waals surface area contributed by atoms with Crippen LogP contribution in [0.15, 0.2) is 65.0 Å². The molecule has 0 aromatic heterocycles. The van der Waals surface area contributed by atoms with Gasteiger partial charge in [0.05, 0.1) is 46.0 Å².